The smallest absolute Gasteiger partial charge is 0.233 e. The molecule has 3 aromatic rings. The fraction of sp³-hybridized carbons (Fsp3) is 0.556. The predicted molar refractivity (Wildman–Crippen MR) is 151 cm³/mol. The quantitative estimate of drug-likeness (QED) is 0.437. The Balaban J connectivity index is 1.35. The fourth-order valence-corrected chi connectivity index (χ4v) is 6.63. The third kappa shape index (κ3) is 5.76. The van der Waals surface area contributed by atoms with Crippen LogP contribution in [0.5, 0.6) is 0 Å². The van der Waals surface area contributed by atoms with E-state index in [0.29, 0.717) is 18.9 Å². The van der Waals surface area contributed by atoms with Crippen molar-refractivity contribution in [3.05, 3.63) is 36.3 Å². The van der Waals surface area contributed by atoms with Crippen LogP contribution in [-0.2, 0) is 14.6 Å². The molecule has 2 aliphatic rings. The topological polar surface area (TPSA) is 113 Å². The number of anilines is 4. The molecule has 4 atom stereocenters. The summed E-state index contributed by atoms with van der Waals surface area (Å²) in [5.41, 5.74) is 2.16. The van der Waals surface area contributed by atoms with Crippen molar-refractivity contribution in [2.45, 2.75) is 51.4 Å². The van der Waals surface area contributed by atoms with E-state index < -0.39 is 29.2 Å². The molecule has 0 unspecified atom stereocenters. The number of hydrogen-bond donors (Lipinski definition) is 1. The van der Waals surface area contributed by atoms with Gasteiger partial charge in [-0.3, -0.25) is 0 Å². The number of ether oxygens (including phenoxy) is 1. The van der Waals surface area contributed by atoms with E-state index in [1.54, 1.807) is 11.1 Å². The lowest BCUT2D eigenvalue weighted by molar-refractivity contribution is 0.0194. The SMILES string of the molecule is [2H]C([2H])([2H])O[C@H]1CCN(c2ncnc(Nc3cc4c(C(C)C)ccc(N5C[C@@H](CS(C)(=O)=O)[C@@H]5C)c4cn3)n2)C[C@H]1F. The standard InChI is InChI=1S/C27H36FN7O3S/c1-16(2)19-6-7-23(35-12-18(17(35)3)14-39(5,36)37)21-11-29-25(10-20(19)21)32-26-30-15-31-27(33-26)34-9-8-24(38-4)22(28)13-34/h6-7,10-11,15-18,22,24H,8-9,12-14H2,1-5H3,(H,29,30,31,32,33)/t17-,18-,22+,24-/m0/s1/i4D3. The number of aromatic nitrogens is 4. The summed E-state index contributed by atoms with van der Waals surface area (Å²) >= 11 is 0. The lowest BCUT2D eigenvalue weighted by atomic mass is 9.88. The first-order chi connectivity index (χ1) is 19.7. The maximum atomic E-state index is 14.7. The van der Waals surface area contributed by atoms with Crippen LogP contribution in [-0.4, -0.2) is 85.4 Å². The lowest BCUT2D eigenvalue weighted by Crippen LogP contribution is -2.57. The van der Waals surface area contributed by atoms with Gasteiger partial charge in [-0.15, -0.1) is 0 Å². The maximum absolute atomic E-state index is 14.7. The van der Waals surface area contributed by atoms with Crippen molar-refractivity contribution in [2.75, 3.05) is 53.8 Å². The Hall–Kier alpha value is -3.12. The number of alkyl halides is 1. The molecule has 0 amide bonds. The summed E-state index contributed by atoms with van der Waals surface area (Å²) in [4.78, 5) is 21.3. The van der Waals surface area contributed by atoms with E-state index in [2.05, 4.69) is 63.1 Å². The molecule has 0 aliphatic carbocycles. The molecule has 0 spiro atoms. The first-order valence-electron chi connectivity index (χ1n) is 14.6. The Morgan fingerprint density at radius 1 is 1.23 bits per heavy atom. The summed E-state index contributed by atoms with van der Waals surface area (Å²) in [7, 11) is -5.71. The molecule has 0 radical (unpaired) electrons. The zero-order valence-corrected chi connectivity index (χ0v) is 23.3. The van der Waals surface area contributed by atoms with Gasteiger partial charge in [0.25, 0.3) is 0 Å². The van der Waals surface area contributed by atoms with E-state index in [-0.39, 0.29) is 48.5 Å². The van der Waals surface area contributed by atoms with Crippen molar-refractivity contribution in [2.24, 2.45) is 5.92 Å². The number of rotatable bonds is 8. The summed E-state index contributed by atoms with van der Waals surface area (Å²) in [6.45, 7) is 7.20. The first-order valence-corrected chi connectivity index (χ1v) is 15.1. The predicted octanol–water partition coefficient (Wildman–Crippen LogP) is 3.72. The molecule has 2 aromatic heterocycles. The highest BCUT2D eigenvalue weighted by Gasteiger charge is 2.38. The van der Waals surface area contributed by atoms with E-state index in [9.17, 15) is 12.8 Å². The van der Waals surface area contributed by atoms with Gasteiger partial charge in [0, 0.05) is 55.6 Å². The van der Waals surface area contributed by atoms with Crippen LogP contribution in [0.1, 0.15) is 42.8 Å². The Morgan fingerprint density at radius 3 is 2.74 bits per heavy atom. The minimum absolute atomic E-state index is 0.0827. The van der Waals surface area contributed by atoms with Gasteiger partial charge in [0.15, 0.2) is 0 Å². The molecular weight excluding hydrogens is 521 g/mol. The molecule has 0 saturated carbocycles. The van der Waals surface area contributed by atoms with Crippen molar-refractivity contribution in [3.63, 3.8) is 0 Å². The van der Waals surface area contributed by atoms with Crippen LogP contribution in [0.25, 0.3) is 10.8 Å². The second kappa shape index (κ2) is 10.8. The number of methoxy groups -OCH3 is 1. The van der Waals surface area contributed by atoms with E-state index in [1.807, 2.05) is 6.07 Å². The van der Waals surface area contributed by atoms with Crippen molar-refractivity contribution in [3.8, 4) is 0 Å². The highest BCUT2D eigenvalue weighted by atomic mass is 32.2. The molecule has 2 fully saturated rings. The highest BCUT2D eigenvalue weighted by Crippen LogP contribution is 2.39. The van der Waals surface area contributed by atoms with Gasteiger partial charge in [0.05, 0.1) is 22.5 Å². The van der Waals surface area contributed by atoms with Gasteiger partial charge in [-0.2, -0.15) is 4.98 Å². The van der Waals surface area contributed by atoms with Crippen LogP contribution in [0.15, 0.2) is 30.7 Å². The van der Waals surface area contributed by atoms with Gasteiger partial charge in [-0.1, -0.05) is 19.9 Å². The average Bonchev–Trinajstić information content (AvgIpc) is 2.90. The Morgan fingerprint density at radius 2 is 2.05 bits per heavy atom. The van der Waals surface area contributed by atoms with Gasteiger partial charge >= 0.3 is 0 Å². The number of nitrogens with one attached hydrogen (secondary N) is 1. The average molecular weight is 561 g/mol. The molecule has 10 nitrogen and oxygen atoms in total. The number of nitrogens with zero attached hydrogens (tertiary/aromatic N) is 6. The second-order valence-corrected chi connectivity index (χ2v) is 13.0. The second-order valence-electron chi connectivity index (χ2n) is 10.8. The molecule has 1 aromatic carbocycles. The van der Waals surface area contributed by atoms with E-state index in [4.69, 9.17) is 8.85 Å². The number of hydrogen-bond acceptors (Lipinski definition) is 10. The first kappa shape index (κ1) is 23.7. The number of piperidine rings is 1. The lowest BCUT2D eigenvalue weighted by Gasteiger charge is -2.48. The van der Waals surface area contributed by atoms with E-state index >= 15 is 0 Å². The van der Waals surface area contributed by atoms with E-state index in [0.717, 1.165) is 22.0 Å². The molecule has 2 aliphatic heterocycles. The van der Waals surface area contributed by atoms with Crippen molar-refractivity contribution in [1.82, 2.24) is 19.9 Å². The van der Waals surface area contributed by atoms with Gasteiger partial charge in [-0.05, 0) is 42.3 Å². The number of benzene rings is 1. The maximum Gasteiger partial charge on any atom is 0.233 e. The largest absolute Gasteiger partial charge is 0.378 e. The number of pyridine rings is 1. The Kier molecular flexibility index (Phi) is 6.58. The summed E-state index contributed by atoms with van der Waals surface area (Å²) in [6.07, 6.45) is 2.08. The zero-order chi connectivity index (χ0) is 30.4. The number of fused-ring (bicyclic) bond motifs is 1. The van der Waals surface area contributed by atoms with Gasteiger partial charge in [0.1, 0.15) is 28.2 Å². The highest BCUT2D eigenvalue weighted by molar-refractivity contribution is 7.90. The van der Waals surface area contributed by atoms with Crippen molar-refractivity contribution >= 4 is 44.0 Å². The Bertz CT molecular complexity index is 1560. The van der Waals surface area contributed by atoms with Crippen molar-refractivity contribution in [1.29, 1.82) is 0 Å². The van der Waals surface area contributed by atoms with Crippen LogP contribution < -0.4 is 15.1 Å². The van der Waals surface area contributed by atoms with E-state index in [1.165, 1.54) is 12.6 Å². The molecule has 12 heteroatoms. The number of sulfone groups is 1. The minimum atomic E-state index is -3.05. The third-order valence-electron chi connectivity index (χ3n) is 7.68. The molecule has 5 rings (SSSR count). The van der Waals surface area contributed by atoms with Crippen LogP contribution in [0, 0.1) is 5.92 Å². The summed E-state index contributed by atoms with van der Waals surface area (Å²) < 4.78 is 65.0. The third-order valence-corrected chi connectivity index (χ3v) is 8.71. The monoisotopic (exact) mass is 560 g/mol. The molecule has 2 saturated heterocycles. The van der Waals surface area contributed by atoms with Gasteiger partial charge in [-0.25, -0.2) is 27.8 Å². The summed E-state index contributed by atoms with van der Waals surface area (Å²) in [5.74, 6) is 1.54. The minimum Gasteiger partial charge on any atom is -0.378 e. The summed E-state index contributed by atoms with van der Waals surface area (Å²) in [5, 5.41) is 5.13. The number of halogens is 1. The summed E-state index contributed by atoms with van der Waals surface area (Å²) in [6, 6.07) is 6.23. The van der Waals surface area contributed by atoms with Crippen LogP contribution in [0.3, 0.4) is 0 Å². The molecule has 39 heavy (non-hydrogen) atoms. The molecule has 0 bridgehead atoms. The zero-order valence-electron chi connectivity index (χ0n) is 25.5. The van der Waals surface area contributed by atoms with Crippen LogP contribution >= 0.6 is 0 Å². The normalized spacial score (nSPS) is 25.2. The van der Waals surface area contributed by atoms with Gasteiger partial charge in [0.2, 0.25) is 11.9 Å². The van der Waals surface area contributed by atoms with Crippen LogP contribution in [0.2, 0.25) is 0 Å². The van der Waals surface area contributed by atoms with Crippen LogP contribution in [0.4, 0.5) is 27.8 Å². The fourth-order valence-electron chi connectivity index (χ4n) is 5.47. The van der Waals surface area contributed by atoms with Gasteiger partial charge < -0.3 is 19.9 Å². The Labute approximate surface area is 233 Å². The molecular formula is C27H36FN7O3S. The molecule has 1 N–H and O–H groups in total. The van der Waals surface area contributed by atoms with Crippen molar-refractivity contribution < 1.29 is 21.7 Å². The molecule has 4 heterocycles. The molecule has 210 valence electrons.